The molecule has 6 rings (SSSR count). The van der Waals surface area contributed by atoms with Crippen molar-refractivity contribution in [3.05, 3.63) is 77.3 Å². The number of halogens is 3. The normalized spacial score (nSPS) is 19.1. The van der Waals surface area contributed by atoms with Gasteiger partial charge in [-0.2, -0.15) is 19.0 Å². The van der Waals surface area contributed by atoms with E-state index in [1.807, 2.05) is 51.2 Å². The number of rotatable bonds is 11. The van der Waals surface area contributed by atoms with E-state index in [-0.39, 0.29) is 23.3 Å². The summed E-state index contributed by atoms with van der Waals surface area (Å²) in [5, 5.41) is 23.8. The van der Waals surface area contributed by atoms with Crippen molar-refractivity contribution in [2.75, 3.05) is 6.61 Å². The van der Waals surface area contributed by atoms with E-state index in [0.717, 1.165) is 12.8 Å². The van der Waals surface area contributed by atoms with E-state index in [9.17, 15) is 23.8 Å². The highest BCUT2D eigenvalue weighted by Gasteiger charge is 2.54. The van der Waals surface area contributed by atoms with Crippen LogP contribution in [0.1, 0.15) is 70.7 Å². The molecule has 2 aliphatic rings. The third-order valence-corrected chi connectivity index (χ3v) is 9.68. The SMILES string of the molecule is BC(B)(B)n1cnc(-c2cc([C@@H](COC(=O)NC3(C)CC3)N3C(=N)N[C@](CC(C)(C)C)(c4ccc(-c5cnn(C(F)F)c5)cc4)C3=O)ccc2Cl)n1. The number of nitrogens with zero attached hydrogens (tertiary/aromatic N) is 6. The highest BCUT2D eigenvalue weighted by molar-refractivity contribution is 6.56. The zero-order valence-corrected chi connectivity index (χ0v) is 31.1. The Morgan fingerprint density at radius 2 is 1.83 bits per heavy atom. The summed E-state index contributed by atoms with van der Waals surface area (Å²) in [5.74, 6) is -0.213. The molecular weight excluding hydrogens is 688 g/mol. The van der Waals surface area contributed by atoms with Gasteiger partial charge in [-0.3, -0.25) is 19.8 Å². The Labute approximate surface area is 308 Å². The zero-order valence-electron chi connectivity index (χ0n) is 30.3. The minimum absolute atomic E-state index is 0.175. The monoisotopic (exact) mass is 729 g/mol. The number of nitrogens with one attached hydrogen (secondary N) is 3. The summed E-state index contributed by atoms with van der Waals surface area (Å²) in [6, 6.07) is 11.2. The molecule has 1 aliphatic heterocycles. The summed E-state index contributed by atoms with van der Waals surface area (Å²) in [7, 11) is 6.00. The van der Waals surface area contributed by atoms with Crippen molar-refractivity contribution in [1.82, 2.24) is 40.1 Å². The van der Waals surface area contributed by atoms with E-state index in [4.69, 9.17) is 16.3 Å². The third kappa shape index (κ3) is 7.60. The van der Waals surface area contributed by atoms with Gasteiger partial charge in [0.05, 0.1) is 17.3 Å². The fraction of sp³-hybridized carbons (Fsp3) is 0.412. The van der Waals surface area contributed by atoms with Gasteiger partial charge in [-0.1, -0.05) is 62.7 Å². The second-order valence-electron chi connectivity index (χ2n) is 16.1. The van der Waals surface area contributed by atoms with Crippen LogP contribution in [0.5, 0.6) is 0 Å². The maximum Gasteiger partial charge on any atom is 0.407 e. The van der Waals surface area contributed by atoms with Crippen LogP contribution in [0.25, 0.3) is 22.5 Å². The molecule has 2 atom stereocenters. The lowest BCUT2D eigenvalue weighted by atomic mass is 9.49. The molecule has 4 aromatic rings. The molecule has 3 heterocycles. The molecule has 1 saturated carbocycles. The summed E-state index contributed by atoms with van der Waals surface area (Å²) in [6.45, 7) is 4.90. The molecule has 2 aromatic carbocycles. The smallest absolute Gasteiger partial charge is 0.407 e. The van der Waals surface area contributed by atoms with E-state index in [0.29, 0.717) is 49.8 Å². The number of alkyl carbamates (subject to hydrolysis) is 1. The predicted octanol–water partition coefficient (Wildman–Crippen LogP) is 3.34. The van der Waals surface area contributed by atoms with Gasteiger partial charge in [0.15, 0.2) is 11.8 Å². The van der Waals surface area contributed by atoms with Gasteiger partial charge >= 0.3 is 12.6 Å². The van der Waals surface area contributed by atoms with Crippen LogP contribution in [0, 0.1) is 10.8 Å². The van der Waals surface area contributed by atoms with E-state index in [1.54, 1.807) is 53.5 Å². The summed E-state index contributed by atoms with van der Waals surface area (Å²) >= 11 is 6.69. The molecule has 0 radical (unpaired) electrons. The standard InChI is InChI=1S/C34H41B3ClF2N9O3/c1-31(2,3)17-33(22-8-5-19(6-9-22)21-14-43-47(15-21)28(39)40)27(50)49(29(41)44-33)25(16-52-30(51)45-32(4)11-12-32)20-7-10-24(38)23(13-20)26-42-18-48(46-26)34(35,36)37/h5-10,13-15,18,25,28H,11-12,16-17,35-37H2,1-4H3,(H2,41,44)(H,45,51)/t25-,33-/m1/s1. The molecule has 18 heteroatoms. The van der Waals surface area contributed by atoms with E-state index in [2.05, 4.69) is 25.8 Å². The second kappa shape index (κ2) is 13.4. The van der Waals surface area contributed by atoms with Crippen LogP contribution in [0.3, 0.4) is 0 Å². The van der Waals surface area contributed by atoms with Crippen molar-refractivity contribution < 1.29 is 23.1 Å². The number of carbonyl (C=O) groups excluding carboxylic acids is 2. The van der Waals surface area contributed by atoms with Crippen molar-refractivity contribution in [1.29, 1.82) is 5.41 Å². The average Bonchev–Trinajstić information content (AvgIpc) is 3.43. The van der Waals surface area contributed by atoms with Crippen LogP contribution in [-0.4, -0.2) is 83.1 Å². The first kappa shape index (κ1) is 37.1. The minimum atomic E-state index is -2.77. The fourth-order valence-electron chi connectivity index (χ4n) is 6.38. The highest BCUT2D eigenvalue weighted by Crippen LogP contribution is 2.43. The number of carbonyl (C=O) groups is 2. The topological polar surface area (TPSA) is 143 Å². The van der Waals surface area contributed by atoms with Crippen molar-refractivity contribution in [3.8, 4) is 22.5 Å². The maximum absolute atomic E-state index is 15.0. The number of hydrogen-bond acceptors (Lipinski definition) is 7. The molecular formula is C34H41B3ClF2N9O3. The van der Waals surface area contributed by atoms with Crippen molar-refractivity contribution in [3.63, 3.8) is 0 Å². The average molecular weight is 730 g/mol. The maximum atomic E-state index is 15.0. The Morgan fingerprint density at radius 3 is 2.40 bits per heavy atom. The molecule has 2 amide bonds. The third-order valence-electron chi connectivity index (χ3n) is 9.35. The highest BCUT2D eigenvalue weighted by atomic mass is 35.5. The Morgan fingerprint density at radius 1 is 1.13 bits per heavy atom. The molecule has 270 valence electrons. The molecule has 3 N–H and O–H groups in total. The van der Waals surface area contributed by atoms with Crippen molar-refractivity contribution in [2.45, 2.75) is 75.9 Å². The number of alkyl halides is 2. The molecule has 52 heavy (non-hydrogen) atoms. The first-order valence-electron chi connectivity index (χ1n) is 17.1. The van der Waals surface area contributed by atoms with E-state index in [1.165, 1.54) is 17.3 Å². The molecule has 0 bridgehead atoms. The minimum Gasteiger partial charge on any atom is -0.447 e. The first-order valence-corrected chi connectivity index (χ1v) is 17.5. The van der Waals surface area contributed by atoms with Gasteiger partial charge in [-0.25, -0.2) is 14.5 Å². The van der Waals surface area contributed by atoms with Crippen LogP contribution in [0.4, 0.5) is 13.6 Å². The Balaban J connectivity index is 1.39. The van der Waals surface area contributed by atoms with Gasteiger partial charge in [0.1, 0.15) is 42.0 Å². The number of amides is 2. The van der Waals surface area contributed by atoms with E-state index >= 15 is 0 Å². The van der Waals surface area contributed by atoms with E-state index < -0.39 is 35.5 Å². The molecule has 0 unspecified atom stereocenters. The van der Waals surface area contributed by atoms with Gasteiger partial charge < -0.3 is 15.4 Å². The fourth-order valence-corrected chi connectivity index (χ4v) is 6.58. The van der Waals surface area contributed by atoms with Gasteiger partial charge in [-0.15, -0.1) is 0 Å². The van der Waals surface area contributed by atoms with Crippen molar-refractivity contribution >= 4 is 53.1 Å². The molecule has 1 aliphatic carbocycles. The molecule has 2 fully saturated rings. The Kier molecular flexibility index (Phi) is 9.56. The molecule has 1 saturated heterocycles. The summed E-state index contributed by atoms with van der Waals surface area (Å²) in [6.07, 6.45) is 5.59. The van der Waals surface area contributed by atoms with Crippen LogP contribution >= 0.6 is 11.6 Å². The number of benzene rings is 2. The second-order valence-corrected chi connectivity index (χ2v) is 16.5. The Bertz CT molecular complexity index is 2010. The number of guanidine groups is 1. The molecule has 0 spiro atoms. The van der Waals surface area contributed by atoms with Gasteiger partial charge in [-0.05, 0) is 65.7 Å². The number of hydrogen-bond donors (Lipinski definition) is 3. The largest absolute Gasteiger partial charge is 0.447 e. The van der Waals surface area contributed by atoms with Crippen molar-refractivity contribution in [2.24, 2.45) is 5.41 Å². The lowest BCUT2D eigenvalue weighted by molar-refractivity contribution is -0.134. The summed E-state index contributed by atoms with van der Waals surface area (Å²) < 4.78 is 34.5. The number of ether oxygens (including phenoxy) is 1. The van der Waals surface area contributed by atoms with Gasteiger partial charge in [0.2, 0.25) is 0 Å². The summed E-state index contributed by atoms with van der Waals surface area (Å²) in [5.41, 5.74) is 0.663. The first-order chi connectivity index (χ1) is 24.3. The van der Waals surface area contributed by atoms with Crippen LogP contribution in [-0.2, 0) is 20.3 Å². The molecule has 2 aromatic heterocycles. The van der Waals surface area contributed by atoms with Crippen LogP contribution in [0.2, 0.25) is 5.02 Å². The molecule has 12 nitrogen and oxygen atoms in total. The van der Waals surface area contributed by atoms with Gasteiger partial charge in [0.25, 0.3) is 5.91 Å². The Hall–Kier alpha value is -4.66. The zero-order chi connectivity index (χ0) is 37.8. The lowest BCUT2D eigenvalue weighted by Gasteiger charge is -2.35. The van der Waals surface area contributed by atoms with Gasteiger partial charge in [0, 0.05) is 22.9 Å². The lowest BCUT2D eigenvalue weighted by Crippen LogP contribution is -2.47. The predicted molar refractivity (Wildman–Crippen MR) is 201 cm³/mol. The quantitative estimate of drug-likeness (QED) is 0.201. The number of aromatic nitrogens is 5. The van der Waals surface area contributed by atoms with Crippen LogP contribution < -0.4 is 10.6 Å². The van der Waals surface area contributed by atoms with Crippen LogP contribution in [0.15, 0.2) is 61.2 Å². The summed E-state index contributed by atoms with van der Waals surface area (Å²) in [4.78, 5) is 33.8.